The first-order valence-corrected chi connectivity index (χ1v) is 14.1. The zero-order chi connectivity index (χ0) is 28.1. The van der Waals surface area contributed by atoms with E-state index >= 15 is 0 Å². The fourth-order valence-corrected chi connectivity index (χ4v) is 7.37. The first-order chi connectivity index (χ1) is 18.0. The Kier molecular flexibility index (Phi) is 9.15. The highest BCUT2D eigenvalue weighted by Crippen LogP contribution is 2.52. The van der Waals surface area contributed by atoms with Gasteiger partial charge in [0.2, 0.25) is 11.4 Å². The van der Waals surface area contributed by atoms with E-state index in [-0.39, 0.29) is 5.41 Å². The minimum absolute atomic E-state index is 0.310. The zero-order valence-corrected chi connectivity index (χ0v) is 24.6. The second kappa shape index (κ2) is 11.9. The van der Waals surface area contributed by atoms with Crippen molar-refractivity contribution < 1.29 is 4.79 Å². The summed E-state index contributed by atoms with van der Waals surface area (Å²) in [6.45, 7) is 18.9. The molecular weight excluding hydrogens is 512 g/mol. The van der Waals surface area contributed by atoms with Crippen LogP contribution in [0.4, 0.5) is 21.4 Å². The summed E-state index contributed by atoms with van der Waals surface area (Å²) in [5.74, 6) is 2.89. The van der Waals surface area contributed by atoms with Crippen LogP contribution in [0.3, 0.4) is 0 Å². The lowest BCUT2D eigenvalue weighted by Crippen LogP contribution is -2.27. The van der Waals surface area contributed by atoms with Crippen molar-refractivity contribution in [2.75, 3.05) is 28.2 Å². The molecule has 2 aromatic rings. The molecule has 0 saturated carbocycles. The highest BCUT2D eigenvalue weighted by molar-refractivity contribution is 7.17. The predicted molar refractivity (Wildman–Crippen MR) is 160 cm³/mol. The second-order valence-corrected chi connectivity index (χ2v) is 12.6. The minimum atomic E-state index is -0.518. The quantitative estimate of drug-likeness (QED) is 0.133. The van der Waals surface area contributed by atoms with Gasteiger partial charge < -0.3 is 14.6 Å². The molecule has 38 heavy (non-hydrogen) atoms. The zero-order valence-electron chi connectivity index (χ0n) is 23.0. The van der Waals surface area contributed by atoms with Crippen LogP contribution in [0.25, 0.3) is 9.69 Å². The molecule has 0 aliphatic heterocycles. The van der Waals surface area contributed by atoms with Gasteiger partial charge in [0.25, 0.3) is 0 Å². The Labute approximate surface area is 234 Å². The van der Waals surface area contributed by atoms with E-state index in [0.717, 1.165) is 70.8 Å². The Hall–Kier alpha value is -3.45. The van der Waals surface area contributed by atoms with Gasteiger partial charge in [0.05, 0.1) is 25.8 Å². The Morgan fingerprint density at radius 2 is 1.37 bits per heavy atom. The topological polar surface area (TPSA) is 57.0 Å². The maximum atomic E-state index is 11.4. The van der Waals surface area contributed by atoms with E-state index in [1.807, 2.05) is 44.9 Å². The lowest BCUT2D eigenvalue weighted by Gasteiger charge is -2.29. The molecule has 7 nitrogen and oxygen atoms in total. The molecule has 2 aliphatic carbocycles. The number of carbonyl (C=O) groups excluding carboxylic acids is 1. The molecule has 0 fully saturated rings. The van der Waals surface area contributed by atoms with Gasteiger partial charge in [-0.2, -0.15) is 0 Å². The summed E-state index contributed by atoms with van der Waals surface area (Å²) in [6.07, 6.45) is 16.0. The van der Waals surface area contributed by atoms with Crippen molar-refractivity contribution in [3.8, 4) is 12.3 Å². The van der Waals surface area contributed by atoms with Gasteiger partial charge in [-0.1, -0.05) is 5.92 Å². The third-order valence-corrected chi connectivity index (χ3v) is 9.09. The number of carbonyl (C=O) groups is 1. The number of nitrogens with zero attached hydrogens (tertiary/aromatic N) is 6. The molecule has 2 heterocycles. The van der Waals surface area contributed by atoms with Gasteiger partial charge in [0.15, 0.2) is 0 Å². The second-order valence-electron chi connectivity index (χ2n) is 10.5. The number of aldehydes is 1. The van der Waals surface area contributed by atoms with Gasteiger partial charge in [0, 0.05) is 39.0 Å². The maximum Gasteiger partial charge on any atom is 0.227 e. The third kappa shape index (κ3) is 5.83. The summed E-state index contributed by atoms with van der Waals surface area (Å²) >= 11 is 3.16. The molecule has 0 spiro atoms. The van der Waals surface area contributed by atoms with Crippen LogP contribution >= 0.6 is 22.7 Å². The molecule has 198 valence electrons. The summed E-state index contributed by atoms with van der Waals surface area (Å²) < 4.78 is 0. The fraction of sp³-hybridized carbons (Fsp3) is 0.483. The third-order valence-electron chi connectivity index (χ3n) is 6.79. The van der Waals surface area contributed by atoms with Crippen LogP contribution in [0.2, 0.25) is 0 Å². The van der Waals surface area contributed by atoms with Crippen LogP contribution in [0.1, 0.15) is 60.4 Å². The Morgan fingerprint density at radius 1 is 0.895 bits per heavy atom. The van der Waals surface area contributed by atoms with Crippen LogP contribution in [0.15, 0.2) is 9.98 Å². The first-order valence-electron chi connectivity index (χ1n) is 12.5. The molecule has 4 rings (SSSR count). The van der Waals surface area contributed by atoms with Crippen LogP contribution in [0.5, 0.6) is 0 Å². The first kappa shape index (κ1) is 29.1. The molecule has 0 saturated heterocycles. The molecule has 0 N–H and O–H groups in total. The molecule has 0 amide bonds. The van der Waals surface area contributed by atoms with Gasteiger partial charge in [-0.3, -0.25) is 0 Å². The van der Waals surface area contributed by atoms with Crippen LogP contribution in [-0.4, -0.2) is 57.0 Å². The summed E-state index contributed by atoms with van der Waals surface area (Å²) in [4.78, 5) is 33.7. The Balaban J connectivity index is 0.000000211. The predicted octanol–water partition coefficient (Wildman–Crippen LogP) is 7.06. The number of hydrogen-bond donors (Lipinski definition) is 0. The van der Waals surface area contributed by atoms with E-state index in [1.54, 1.807) is 35.4 Å². The summed E-state index contributed by atoms with van der Waals surface area (Å²) in [7, 11) is 7.62. The Morgan fingerprint density at radius 3 is 1.82 bits per heavy atom. The molecule has 2 aromatic heterocycles. The monoisotopic (exact) mass is 546 g/mol. The summed E-state index contributed by atoms with van der Waals surface area (Å²) in [5.41, 5.74) is 2.35. The number of fused-ring (bicyclic) bond motifs is 2. The highest BCUT2D eigenvalue weighted by atomic mass is 32.1. The molecule has 2 aliphatic rings. The number of hydrogen-bond acceptors (Lipinski definition) is 5. The van der Waals surface area contributed by atoms with Gasteiger partial charge in [-0.15, -0.1) is 29.1 Å². The van der Waals surface area contributed by atoms with Gasteiger partial charge in [0.1, 0.15) is 16.3 Å². The van der Waals surface area contributed by atoms with Crippen molar-refractivity contribution in [3.63, 3.8) is 0 Å². The average molecular weight is 547 g/mol. The smallest absolute Gasteiger partial charge is 0.227 e. The summed E-state index contributed by atoms with van der Waals surface area (Å²) in [6, 6.07) is 0. The van der Waals surface area contributed by atoms with Crippen molar-refractivity contribution in [2.45, 2.75) is 63.2 Å². The number of terminal acetylenes is 1. The molecule has 0 aromatic carbocycles. The minimum Gasteiger partial charge on any atom is -0.369 e. The maximum absolute atomic E-state index is 11.4. The van der Waals surface area contributed by atoms with E-state index in [0.29, 0.717) is 11.4 Å². The van der Waals surface area contributed by atoms with Gasteiger partial charge >= 0.3 is 0 Å². The van der Waals surface area contributed by atoms with Crippen molar-refractivity contribution in [2.24, 2.45) is 9.98 Å². The van der Waals surface area contributed by atoms with Crippen molar-refractivity contribution in [1.29, 1.82) is 0 Å². The SMILES string of the molecule is [C-]#[N+]c1c(N=CN(C)C)sc2c1[C@@](C)(C#C)CCC2.[C-]#[N+]c1c(N=CN(C)C)sc2c1[C@@](C)(C=O)CCC2. The largest absolute Gasteiger partial charge is 0.369 e. The van der Waals surface area contributed by atoms with Crippen LogP contribution < -0.4 is 0 Å². The molecule has 0 unspecified atom stereocenters. The van der Waals surface area contributed by atoms with E-state index < -0.39 is 5.41 Å². The van der Waals surface area contributed by atoms with Crippen molar-refractivity contribution in [1.82, 2.24) is 9.80 Å². The Bertz CT molecular complexity index is 1380. The lowest BCUT2D eigenvalue weighted by molar-refractivity contribution is -0.112. The van der Waals surface area contributed by atoms with Crippen molar-refractivity contribution in [3.05, 3.63) is 43.7 Å². The van der Waals surface area contributed by atoms with Crippen molar-refractivity contribution >= 4 is 63.0 Å². The number of thiophene rings is 2. The standard InChI is InChI=1S/C15H17N3S.C14H17N3OS/c1-6-15(2)9-7-8-11-12(15)13(16-3)14(19-11)17-10-18(4)5;1-14(8-18)7-5-6-10-11(14)12(15-2)13(19-10)16-9-17(3)4/h1,10H,7-9H2,2,4-5H3;8-9H,5-7H2,1,3-4H3/t15-;14-/m01/s1. The van der Waals surface area contributed by atoms with E-state index in [2.05, 4.69) is 32.5 Å². The van der Waals surface area contributed by atoms with Gasteiger partial charge in [-0.25, -0.2) is 19.7 Å². The molecule has 0 radical (unpaired) electrons. The molecule has 2 atom stereocenters. The normalized spacial score (nSPS) is 21.9. The van der Waals surface area contributed by atoms with Crippen LogP contribution in [-0.2, 0) is 28.5 Å². The molecule has 0 bridgehead atoms. The number of rotatable bonds is 5. The van der Waals surface area contributed by atoms with Crippen LogP contribution in [0, 0.1) is 25.5 Å². The fourth-order valence-electron chi connectivity index (χ4n) is 4.87. The highest BCUT2D eigenvalue weighted by Gasteiger charge is 2.37. The van der Waals surface area contributed by atoms with E-state index in [1.165, 1.54) is 4.88 Å². The van der Waals surface area contributed by atoms with E-state index in [4.69, 9.17) is 19.6 Å². The summed E-state index contributed by atoms with van der Waals surface area (Å²) in [5, 5.41) is 1.51. The van der Waals surface area contributed by atoms with E-state index in [9.17, 15) is 4.79 Å². The lowest BCUT2D eigenvalue weighted by atomic mass is 9.74. The molecule has 9 heteroatoms. The molecular formula is C29H34N6OS2. The number of aliphatic imine (C=N–C) groups is 2. The average Bonchev–Trinajstić information content (AvgIpc) is 3.45. The number of aryl methyl sites for hydroxylation is 2. The van der Waals surface area contributed by atoms with Gasteiger partial charge in [-0.05, 0) is 73.3 Å².